The van der Waals surface area contributed by atoms with Gasteiger partial charge in [0.1, 0.15) is 5.82 Å². The van der Waals surface area contributed by atoms with E-state index in [9.17, 15) is 0 Å². The fourth-order valence-electron chi connectivity index (χ4n) is 1.56. The minimum atomic E-state index is 0.590. The van der Waals surface area contributed by atoms with Gasteiger partial charge in [-0.15, -0.1) is 0 Å². The molecule has 0 aromatic carbocycles. The van der Waals surface area contributed by atoms with Crippen LogP contribution in [0.5, 0.6) is 0 Å². The maximum absolute atomic E-state index is 4.26. The fraction of sp³-hybridized carbons (Fsp3) is 0.727. The topological polar surface area (TPSA) is 28.7 Å². The van der Waals surface area contributed by atoms with Crippen LogP contribution in [0.3, 0.4) is 0 Å². The van der Waals surface area contributed by atoms with E-state index in [0.29, 0.717) is 5.92 Å². The van der Waals surface area contributed by atoms with E-state index in [1.807, 2.05) is 12.4 Å². The average molecular weight is 180 g/mol. The van der Waals surface area contributed by atoms with Crippen LogP contribution < -0.4 is 0 Å². The number of aromatic nitrogens is 2. The van der Waals surface area contributed by atoms with Gasteiger partial charge in [0, 0.05) is 18.3 Å². The molecule has 0 aliphatic heterocycles. The highest BCUT2D eigenvalue weighted by molar-refractivity contribution is 4.94. The van der Waals surface area contributed by atoms with Gasteiger partial charge in [-0.3, -0.25) is 0 Å². The summed E-state index contributed by atoms with van der Waals surface area (Å²) in [7, 11) is 0. The van der Waals surface area contributed by atoms with Gasteiger partial charge in [0.05, 0.1) is 0 Å². The molecule has 1 N–H and O–H groups in total. The molecule has 1 aromatic heterocycles. The second-order valence-corrected chi connectivity index (χ2v) is 3.72. The molecule has 0 amide bonds. The molecule has 0 aliphatic rings. The van der Waals surface area contributed by atoms with Crippen LogP contribution in [0.15, 0.2) is 12.4 Å². The van der Waals surface area contributed by atoms with Crippen molar-refractivity contribution < 1.29 is 0 Å². The molecule has 0 bridgehead atoms. The van der Waals surface area contributed by atoms with Gasteiger partial charge in [0.2, 0.25) is 0 Å². The zero-order chi connectivity index (χ0) is 9.52. The van der Waals surface area contributed by atoms with Gasteiger partial charge in [0.25, 0.3) is 0 Å². The SMILES string of the molecule is CCCCCC[C@H](C)c1ncc[nH]1. The van der Waals surface area contributed by atoms with Crippen molar-refractivity contribution in [3.05, 3.63) is 18.2 Å². The maximum atomic E-state index is 4.26. The van der Waals surface area contributed by atoms with E-state index in [2.05, 4.69) is 23.8 Å². The highest BCUT2D eigenvalue weighted by Crippen LogP contribution is 2.18. The molecule has 74 valence electrons. The Bertz CT molecular complexity index is 204. The highest BCUT2D eigenvalue weighted by atomic mass is 14.9. The van der Waals surface area contributed by atoms with E-state index in [-0.39, 0.29) is 0 Å². The van der Waals surface area contributed by atoms with Crippen molar-refractivity contribution in [2.45, 2.75) is 51.9 Å². The predicted molar refractivity (Wildman–Crippen MR) is 55.8 cm³/mol. The minimum absolute atomic E-state index is 0.590. The third-order valence-corrected chi connectivity index (χ3v) is 2.48. The zero-order valence-corrected chi connectivity index (χ0v) is 8.71. The van der Waals surface area contributed by atoms with Crippen molar-refractivity contribution in [3.8, 4) is 0 Å². The summed E-state index contributed by atoms with van der Waals surface area (Å²) in [6.07, 6.45) is 10.4. The van der Waals surface area contributed by atoms with Crippen LogP contribution in [0.4, 0.5) is 0 Å². The summed E-state index contributed by atoms with van der Waals surface area (Å²) in [6, 6.07) is 0. The molecule has 1 heterocycles. The van der Waals surface area contributed by atoms with E-state index in [1.54, 1.807) is 0 Å². The van der Waals surface area contributed by atoms with E-state index < -0.39 is 0 Å². The summed E-state index contributed by atoms with van der Waals surface area (Å²) in [5, 5.41) is 0. The van der Waals surface area contributed by atoms with Gasteiger partial charge in [-0.1, -0.05) is 39.5 Å². The Morgan fingerprint density at radius 2 is 2.23 bits per heavy atom. The Morgan fingerprint density at radius 1 is 1.38 bits per heavy atom. The Labute approximate surface area is 80.8 Å². The van der Waals surface area contributed by atoms with Gasteiger partial charge < -0.3 is 4.98 Å². The van der Waals surface area contributed by atoms with Crippen LogP contribution in [-0.4, -0.2) is 9.97 Å². The number of nitrogens with zero attached hydrogens (tertiary/aromatic N) is 1. The summed E-state index contributed by atoms with van der Waals surface area (Å²) < 4.78 is 0. The van der Waals surface area contributed by atoms with Crippen LogP contribution >= 0.6 is 0 Å². The van der Waals surface area contributed by atoms with Crippen molar-refractivity contribution in [1.29, 1.82) is 0 Å². The molecule has 1 aromatic rings. The van der Waals surface area contributed by atoms with Crippen molar-refractivity contribution in [2.24, 2.45) is 0 Å². The first kappa shape index (κ1) is 10.3. The molecule has 13 heavy (non-hydrogen) atoms. The molecule has 1 atom stereocenters. The summed E-state index contributed by atoms with van der Waals surface area (Å²) in [6.45, 7) is 4.49. The van der Waals surface area contributed by atoms with E-state index in [0.717, 1.165) is 5.82 Å². The lowest BCUT2D eigenvalue weighted by Crippen LogP contribution is -1.95. The minimum Gasteiger partial charge on any atom is -0.348 e. The molecule has 0 saturated heterocycles. The number of hydrogen-bond donors (Lipinski definition) is 1. The molecule has 0 fully saturated rings. The number of aromatic amines is 1. The van der Waals surface area contributed by atoms with Crippen molar-refractivity contribution in [1.82, 2.24) is 9.97 Å². The first-order valence-corrected chi connectivity index (χ1v) is 5.34. The van der Waals surface area contributed by atoms with Crippen LogP contribution in [0, 0.1) is 0 Å². The van der Waals surface area contributed by atoms with Crippen LogP contribution in [0.25, 0.3) is 0 Å². The molecular weight excluding hydrogens is 160 g/mol. The van der Waals surface area contributed by atoms with Gasteiger partial charge in [0.15, 0.2) is 0 Å². The van der Waals surface area contributed by atoms with E-state index in [1.165, 1.54) is 32.1 Å². The second kappa shape index (κ2) is 5.79. The molecule has 2 nitrogen and oxygen atoms in total. The lowest BCUT2D eigenvalue weighted by molar-refractivity contribution is 0.565. The van der Waals surface area contributed by atoms with Gasteiger partial charge in [-0.2, -0.15) is 0 Å². The number of unbranched alkanes of at least 4 members (excludes halogenated alkanes) is 3. The van der Waals surface area contributed by atoms with Gasteiger partial charge in [-0.25, -0.2) is 4.98 Å². The van der Waals surface area contributed by atoms with Crippen LogP contribution in [0.2, 0.25) is 0 Å². The average Bonchev–Trinajstić information content (AvgIpc) is 2.65. The van der Waals surface area contributed by atoms with Crippen molar-refractivity contribution in [3.63, 3.8) is 0 Å². The van der Waals surface area contributed by atoms with Crippen molar-refractivity contribution >= 4 is 0 Å². The van der Waals surface area contributed by atoms with Crippen LogP contribution in [-0.2, 0) is 0 Å². The molecule has 0 radical (unpaired) electrons. The second-order valence-electron chi connectivity index (χ2n) is 3.72. The quantitative estimate of drug-likeness (QED) is 0.667. The molecule has 0 saturated carbocycles. The summed E-state index contributed by atoms with van der Waals surface area (Å²) in [5.41, 5.74) is 0. The molecule has 0 unspecified atom stereocenters. The largest absolute Gasteiger partial charge is 0.348 e. The standard InChI is InChI=1S/C11H20N2/c1-3-4-5-6-7-10(2)11-12-8-9-13-11/h8-10H,3-7H2,1-2H3,(H,12,13)/t10-/m0/s1. The normalized spacial score (nSPS) is 13.1. The smallest absolute Gasteiger partial charge is 0.108 e. The lowest BCUT2D eigenvalue weighted by atomic mass is 10.0. The van der Waals surface area contributed by atoms with Crippen LogP contribution in [0.1, 0.15) is 57.7 Å². The first-order valence-electron chi connectivity index (χ1n) is 5.34. The summed E-state index contributed by atoms with van der Waals surface area (Å²) in [5.74, 6) is 1.73. The number of hydrogen-bond acceptors (Lipinski definition) is 1. The third kappa shape index (κ3) is 3.62. The molecular formula is C11H20N2. The van der Waals surface area contributed by atoms with E-state index in [4.69, 9.17) is 0 Å². The number of rotatable bonds is 6. The molecule has 1 rings (SSSR count). The number of nitrogens with one attached hydrogen (secondary N) is 1. The monoisotopic (exact) mass is 180 g/mol. The Balaban J connectivity index is 2.15. The number of imidazole rings is 1. The lowest BCUT2D eigenvalue weighted by Gasteiger charge is -2.07. The Kier molecular flexibility index (Phi) is 4.58. The molecule has 2 heteroatoms. The third-order valence-electron chi connectivity index (χ3n) is 2.48. The molecule has 0 spiro atoms. The van der Waals surface area contributed by atoms with E-state index >= 15 is 0 Å². The Hall–Kier alpha value is -0.790. The maximum Gasteiger partial charge on any atom is 0.108 e. The molecule has 0 aliphatic carbocycles. The summed E-state index contributed by atoms with van der Waals surface area (Å²) >= 11 is 0. The number of H-pyrrole nitrogens is 1. The Morgan fingerprint density at radius 3 is 2.85 bits per heavy atom. The highest BCUT2D eigenvalue weighted by Gasteiger charge is 2.06. The fourth-order valence-corrected chi connectivity index (χ4v) is 1.56. The van der Waals surface area contributed by atoms with Crippen molar-refractivity contribution in [2.75, 3.05) is 0 Å². The van der Waals surface area contributed by atoms with Gasteiger partial charge >= 0.3 is 0 Å². The predicted octanol–water partition coefficient (Wildman–Crippen LogP) is 3.48. The zero-order valence-electron chi connectivity index (χ0n) is 8.71. The first-order chi connectivity index (χ1) is 6.34. The van der Waals surface area contributed by atoms with Gasteiger partial charge in [-0.05, 0) is 6.42 Å². The summed E-state index contributed by atoms with van der Waals surface area (Å²) in [4.78, 5) is 7.43.